The van der Waals surface area contributed by atoms with Crippen LogP contribution in [0.3, 0.4) is 0 Å². The third-order valence-electron chi connectivity index (χ3n) is 6.66. The first-order valence-electron chi connectivity index (χ1n) is 11.9. The lowest BCUT2D eigenvalue weighted by Gasteiger charge is -2.26. The second-order valence-electron chi connectivity index (χ2n) is 9.24. The highest BCUT2D eigenvalue weighted by Gasteiger charge is 2.44. The Kier molecular flexibility index (Phi) is 6.12. The Hall–Kier alpha value is -3.56. The first-order chi connectivity index (χ1) is 16.9. The number of nitrogens with one attached hydrogen (secondary N) is 2. The first-order valence-corrected chi connectivity index (χ1v) is 11.9. The van der Waals surface area contributed by atoms with Crippen LogP contribution < -0.4 is 15.4 Å². The summed E-state index contributed by atoms with van der Waals surface area (Å²) in [7, 11) is 3.27. The van der Waals surface area contributed by atoms with Gasteiger partial charge < -0.3 is 15.4 Å². The van der Waals surface area contributed by atoms with Crippen molar-refractivity contribution < 1.29 is 18.3 Å². The van der Waals surface area contributed by atoms with Gasteiger partial charge in [0.15, 0.2) is 11.6 Å². The summed E-state index contributed by atoms with van der Waals surface area (Å²) in [6.07, 6.45) is 6.94. The van der Waals surface area contributed by atoms with E-state index in [1.165, 1.54) is 19.4 Å². The van der Waals surface area contributed by atoms with Gasteiger partial charge in [0.25, 0.3) is 5.92 Å². The van der Waals surface area contributed by atoms with E-state index in [4.69, 9.17) is 4.74 Å². The number of nitrogens with zero attached hydrogens (tertiary/aromatic N) is 4. The molecule has 2 aromatic heterocycles. The van der Waals surface area contributed by atoms with E-state index in [0.29, 0.717) is 35.7 Å². The second kappa shape index (κ2) is 9.24. The number of rotatable bonds is 8. The van der Waals surface area contributed by atoms with Crippen LogP contribution in [0, 0.1) is 11.8 Å². The maximum atomic E-state index is 15.7. The Morgan fingerprint density at radius 3 is 2.57 bits per heavy atom. The van der Waals surface area contributed by atoms with Crippen LogP contribution in [0.4, 0.5) is 26.0 Å². The van der Waals surface area contributed by atoms with Crippen LogP contribution in [-0.4, -0.2) is 32.8 Å². The molecule has 2 aliphatic rings. The average molecular weight is 483 g/mol. The first kappa shape index (κ1) is 23.2. The molecule has 0 saturated heterocycles. The van der Waals surface area contributed by atoms with Crippen LogP contribution >= 0.6 is 0 Å². The van der Waals surface area contributed by atoms with Gasteiger partial charge in [0, 0.05) is 31.1 Å². The quantitative estimate of drug-likeness (QED) is 0.455. The fourth-order valence-electron chi connectivity index (χ4n) is 4.61. The highest BCUT2D eigenvalue weighted by atomic mass is 19.3. The topological polar surface area (TPSA) is 94.0 Å². The molecule has 0 spiro atoms. The number of aromatic nitrogens is 4. The molecule has 1 amide bonds. The van der Waals surface area contributed by atoms with Gasteiger partial charge in [-0.2, -0.15) is 5.10 Å². The van der Waals surface area contributed by atoms with Gasteiger partial charge >= 0.3 is 0 Å². The maximum Gasteiger partial charge on any atom is 0.279 e. The van der Waals surface area contributed by atoms with Crippen molar-refractivity contribution in [3.05, 3.63) is 42.4 Å². The normalized spacial score (nSPS) is 16.3. The van der Waals surface area contributed by atoms with Crippen molar-refractivity contribution in [1.82, 2.24) is 19.7 Å². The Labute approximate surface area is 202 Å². The summed E-state index contributed by atoms with van der Waals surface area (Å²) in [5, 5.41) is 10.2. The number of halogens is 2. The van der Waals surface area contributed by atoms with Gasteiger partial charge in [-0.05, 0) is 37.8 Å². The van der Waals surface area contributed by atoms with Gasteiger partial charge in [-0.25, -0.2) is 18.7 Å². The summed E-state index contributed by atoms with van der Waals surface area (Å²) < 4.78 is 38.6. The van der Waals surface area contributed by atoms with Gasteiger partial charge in [-0.3, -0.25) is 9.48 Å². The molecule has 35 heavy (non-hydrogen) atoms. The number of carbonyl (C=O) groups is 1. The minimum atomic E-state index is -3.07. The lowest BCUT2D eigenvalue weighted by atomic mass is 9.93. The largest absolute Gasteiger partial charge is 0.494 e. The zero-order valence-electron chi connectivity index (χ0n) is 19.7. The van der Waals surface area contributed by atoms with E-state index in [-0.39, 0.29) is 28.9 Å². The van der Waals surface area contributed by atoms with E-state index in [1.807, 2.05) is 0 Å². The zero-order chi connectivity index (χ0) is 24.6. The van der Waals surface area contributed by atoms with E-state index < -0.39 is 11.8 Å². The Balaban J connectivity index is 1.54. The van der Waals surface area contributed by atoms with E-state index in [0.717, 1.165) is 25.7 Å². The summed E-state index contributed by atoms with van der Waals surface area (Å²) in [4.78, 5) is 20.7. The number of aryl methyl sites for hydroxylation is 1. The summed E-state index contributed by atoms with van der Waals surface area (Å²) in [6, 6.07) is 6.80. The van der Waals surface area contributed by atoms with Gasteiger partial charge in [0.1, 0.15) is 12.1 Å². The van der Waals surface area contributed by atoms with E-state index in [9.17, 15) is 4.79 Å². The molecule has 2 N–H and O–H groups in total. The highest BCUT2D eigenvalue weighted by molar-refractivity contribution is 5.93. The predicted octanol–water partition coefficient (Wildman–Crippen LogP) is 5.26. The number of amides is 1. The molecule has 0 aliphatic heterocycles. The molecule has 8 nitrogen and oxygen atoms in total. The lowest BCUT2D eigenvalue weighted by Crippen LogP contribution is -2.25. The number of para-hydroxylation sites is 1. The van der Waals surface area contributed by atoms with Crippen LogP contribution in [0.25, 0.3) is 11.4 Å². The maximum absolute atomic E-state index is 15.7. The van der Waals surface area contributed by atoms with Gasteiger partial charge in [0.2, 0.25) is 5.91 Å². The standard InChI is InChI=1S/C25H28F2N6O2/c1-33-14-29-23(32-33)17-8-5-9-19(22(17)35-2)30-20-12-21(31-24(34)15-10-11-15)28-13-18(20)25(26,27)16-6-3-4-7-16/h5,8-9,12-16H,3-4,6-7,10-11H2,1-2H3,(H2,28,30,31,34). The van der Waals surface area contributed by atoms with Crippen molar-refractivity contribution in [3.63, 3.8) is 0 Å². The lowest BCUT2D eigenvalue weighted by molar-refractivity contribution is -0.117. The van der Waals surface area contributed by atoms with Crippen molar-refractivity contribution in [2.75, 3.05) is 17.7 Å². The Morgan fingerprint density at radius 1 is 1.14 bits per heavy atom. The van der Waals surface area contributed by atoms with Crippen LogP contribution in [-0.2, 0) is 17.8 Å². The van der Waals surface area contributed by atoms with E-state index >= 15 is 8.78 Å². The zero-order valence-corrected chi connectivity index (χ0v) is 19.7. The molecular weight excluding hydrogens is 454 g/mol. The molecule has 10 heteroatoms. The van der Waals surface area contributed by atoms with Gasteiger partial charge in [0.05, 0.1) is 29.6 Å². The molecule has 0 unspecified atom stereocenters. The highest BCUT2D eigenvalue weighted by Crippen LogP contribution is 2.48. The molecule has 0 atom stereocenters. The van der Waals surface area contributed by atoms with E-state index in [1.54, 1.807) is 36.3 Å². The number of alkyl halides is 2. The summed E-state index contributed by atoms with van der Waals surface area (Å²) >= 11 is 0. The van der Waals surface area contributed by atoms with Gasteiger partial charge in [-0.15, -0.1) is 0 Å². The van der Waals surface area contributed by atoms with Crippen LogP contribution in [0.2, 0.25) is 0 Å². The third kappa shape index (κ3) is 4.69. The van der Waals surface area contributed by atoms with Crippen LogP contribution in [0.1, 0.15) is 44.1 Å². The second-order valence-corrected chi connectivity index (χ2v) is 9.24. The van der Waals surface area contributed by atoms with Crippen molar-refractivity contribution in [2.24, 2.45) is 18.9 Å². The molecule has 3 aromatic rings. The third-order valence-corrected chi connectivity index (χ3v) is 6.66. The fraction of sp³-hybridized carbons (Fsp3) is 0.440. The van der Waals surface area contributed by atoms with Crippen LogP contribution in [0.5, 0.6) is 5.75 Å². The number of hydrogen-bond donors (Lipinski definition) is 2. The molecule has 0 bridgehead atoms. The molecule has 2 aliphatic carbocycles. The predicted molar refractivity (Wildman–Crippen MR) is 128 cm³/mol. The van der Waals surface area contributed by atoms with E-state index in [2.05, 4.69) is 25.7 Å². The summed E-state index contributed by atoms with van der Waals surface area (Å²) in [5.41, 5.74) is 1.08. The minimum Gasteiger partial charge on any atom is -0.494 e. The number of ether oxygens (including phenoxy) is 1. The van der Waals surface area contributed by atoms with Crippen molar-refractivity contribution in [1.29, 1.82) is 0 Å². The number of carbonyl (C=O) groups excluding carboxylic acids is 1. The molecule has 0 radical (unpaired) electrons. The monoisotopic (exact) mass is 482 g/mol. The number of methoxy groups -OCH3 is 1. The molecule has 5 rings (SSSR count). The molecular formula is C25H28F2N6O2. The molecule has 2 saturated carbocycles. The average Bonchev–Trinajstić information content (AvgIpc) is 3.35. The van der Waals surface area contributed by atoms with Gasteiger partial charge in [-0.1, -0.05) is 18.9 Å². The van der Waals surface area contributed by atoms with Crippen molar-refractivity contribution in [3.8, 4) is 17.1 Å². The minimum absolute atomic E-state index is 0.0320. The van der Waals surface area contributed by atoms with Crippen molar-refractivity contribution >= 4 is 23.1 Å². The number of benzene rings is 1. The fourth-order valence-corrected chi connectivity index (χ4v) is 4.61. The molecule has 2 fully saturated rings. The number of hydrogen-bond acceptors (Lipinski definition) is 6. The SMILES string of the molecule is COc1c(Nc2cc(NC(=O)C3CC3)ncc2C(F)(F)C2CCCC2)cccc1-c1ncn(C)n1. The smallest absolute Gasteiger partial charge is 0.279 e. The van der Waals surface area contributed by atoms with Crippen molar-refractivity contribution in [2.45, 2.75) is 44.4 Å². The number of pyridine rings is 1. The summed E-state index contributed by atoms with van der Waals surface area (Å²) in [6.45, 7) is 0. The Bertz CT molecular complexity index is 1230. The Morgan fingerprint density at radius 2 is 1.91 bits per heavy atom. The summed E-state index contributed by atoms with van der Waals surface area (Å²) in [5.74, 6) is -2.88. The van der Waals surface area contributed by atoms with Crippen LogP contribution in [0.15, 0.2) is 36.8 Å². The molecule has 2 heterocycles. The number of anilines is 3. The molecule has 184 valence electrons. The molecule has 1 aromatic carbocycles.